The van der Waals surface area contributed by atoms with Crippen LogP contribution in [0, 0.1) is 17.0 Å². The predicted octanol–water partition coefficient (Wildman–Crippen LogP) is 1.07. The van der Waals surface area contributed by atoms with Crippen LogP contribution in [0.3, 0.4) is 0 Å². The summed E-state index contributed by atoms with van der Waals surface area (Å²) in [6.45, 7) is 1.84. The zero-order valence-corrected chi connectivity index (χ0v) is 13.1. The van der Waals surface area contributed by atoms with E-state index in [4.69, 9.17) is 0 Å². The fourth-order valence-corrected chi connectivity index (χ4v) is 1.88. The Hall–Kier alpha value is -3.75. The molecule has 9 nitrogen and oxygen atoms in total. The minimum absolute atomic E-state index is 0.227. The van der Waals surface area contributed by atoms with Crippen LogP contribution < -0.4 is 15.8 Å². The molecule has 2 N–H and O–H groups in total. The first kappa shape index (κ1) is 17.6. The summed E-state index contributed by atoms with van der Waals surface area (Å²) in [4.78, 5) is 33.3. The van der Waals surface area contributed by atoms with Crippen molar-refractivity contribution in [2.75, 3.05) is 5.32 Å². The molecule has 0 aliphatic heterocycles. The number of hydrazone groups is 1. The minimum Gasteiger partial charge on any atom is -0.868 e. The van der Waals surface area contributed by atoms with Gasteiger partial charge in [-0.05, 0) is 30.4 Å². The highest BCUT2D eigenvalue weighted by Gasteiger charge is 2.13. The van der Waals surface area contributed by atoms with Crippen molar-refractivity contribution in [1.82, 2.24) is 5.43 Å². The van der Waals surface area contributed by atoms with E-state index in [1.54, 1.807) is 18.2 Å². The maximum absolute atomic E-state index is 11.7. The number of carbonyl (C=O) groups excluding carboxylic acids is 2. The molecule has 0 radical (unpaired) electrons. The SMILES string of the molecule is Cc1cccc(NC(=O)C(=O)N/N=C\c2ccc([O-])c([N+](=O)[O-])c2)c1. The average molecular weight is 341 g/mol. The van der Waals surface area contributed by atoms with Crippen LogP contribution in [0.5, 0.6) is 5.75 Å². The van der Waals surface area contributed by atoms with E-state index in [0.717, 1.165) is 23.9 Å². The lowest BCUT2D eigenvalue weighted by atomic mass is 10.2. The van der Waals surface area contributed by atoms with Gasteiger partial charge in [0.25, 0.3) is 5.69 Å². The van der Waals surface area contributed by atoms with Gasteiger partial charge in [-0.25, -0.2) is 5.43 Å². The summed E-state index contributed by atoms with van der Waals surface area (Å²) in [5.41, 5.74) is 3.00. The molecule has 0 saturated carbocycles. The fourth-order valence-electron chi connectivity index (χ4n) is 1.88. The van der Waals surface area contributed by atoms with Gasteiger partial charge in [-0.1, -0.05) is 24.3 Å². The fraction of sp³-hybridized carbons (Fsp3) is 0.0625. The molecule has 0 heterocycles. The topological polar surface area (TPSA) is 137 Å². The van der Waals surface area contributed by atoms with Crippen molar-refractivity contribution < 1.29 is 19.6 Å². The molecule has 2 aromatic carbocycles. The number of hydrogen-bond acceptors (Lipinski definition) is 6. The Labute approximate surface area is 142 Å². The van der Waals surface area contributed by atoms with Gasteiger partial charge >= 0.3 is 11.8 Å². The Balaban J connectivity index is 1.97. The predicted molar refractivity (Wildman–Crippen MR) is 88.1 cm³/mol. The second kappa shape index (κ2) is 7.68. The van der Waals surface area contributed by atoms with Crippen molar-refractivity contribution in [3.8, 4) is 5.75 Å². The van der Waals surface area contributed by atoms with Crippen LogP contribution in [-0.4, -0.2) is 23.0 Å². The van der Waals surface area contributed by atoms with Crippen molar-refractivity contribution in [3.63, 3.8) is 0 Å². The smallest absolute Gasteiger partial charge is 0.329 e. The number of nitro benzene ring substituents is 1. The highest BCUT2D eigenvalue weighted by molar-refractivity contribution is 6.39. The lowest BCUT2D eigenvalue weighted by Gasteiger charge is -2.06. The molecule has 0 fully saturated rings. The summed E-state index contributed by atoms with van der Waals surface area (Å²) in [6, 6.07) is 10.2. The van der Waals surface area contributed by atoms with Crippen LogP contribution in [-0.2, 0) is 9.59 Å². The number of nitro groups is 1. The van der Waals surface area contributed by atoms with Gasteiger partial charge in [-0.15, -0.1) is 0 Å². The van der Waals surface area contributed by atoms with E-state index in [1.165, 1.54) is 6.07 Å². The summed E-state index contributed by atoms with van der Waals surface area (Å²) in [6.07, 6.45) is 1.09. The molecular weight excluding hydrogens is 328 g/mol. The summed E-state index contributed by atoms with van der Waals surface area (Å²) in [7, 11) is 0. The molecule has 0 aromatic heterocycles. The monoisotopic (exact) mass is 341 g/mol. The number of benzene rings is 2. The maximum atomic E-state index is 11.7. The first-order chi connectivity index (χ1) is 11.9. The normalized spacial score (nSPS) is 10.4. The Kier molecular flexibility index (Phi) is 5.41. The molecule has 0 aliphatic carbocycles. The molecule has 0 aliphatic rings. The van der Waals surface area contributed by atoms with E-state index in [2.05, 4.69) is 10.4 Å². The van der Waals surface area contributed by atoms with Crippen molar-refractivity contribution >= 4 is 29.4 Å². The third-order valence-electron chi connectivity index (χ3n) is 3.04. The molecule has 0 saturated heterocycles. The second-order valence-electron chi connectivity index (χ2n) is 5.01. The number of amides is 2. The van der Waals surface area contributed by atoms with Crippen molar-refractivity contribution in [2.24, 2.45) is 5.10 Å². The lowest BCUT2D eigenvalue weighted by molar-refractivity contribution is -0.398. The Morgan fingerprint density at radius 2 is 1.92 bits per heavy atom. The van der Waals surface area contributed by atoms with E-state index in [1.807, 2.05) is 18.4 Å². The Bertz CT molecular complexity index is 863. The van der Waals surface area contributed by atoms with Gasteiger partial charge in [0.2, 0.25) is 0 Å². The number of hydrogen-bond donors (Lipinski definition) is 2. The highest BCUT2D eigenvalue weighted by Crippen LogP contribution is 2.22. The molecule has 2 aromatic rings. The summed E-state index contributed by atoms with van der Waals surface area (Å²) < 4.78 is 0. The van der Waals surface area contributed by atoms with E-state index in [0.29, 0.717) is 5.69 Å². The molecule has 0 bridgehead atoms. The van der Waals surface area contributed by atoms with E-state index in [-0.39, 0.29) is 5.56 Å². The summed E-state index contributed by atoms with van der Waals surface area (Å²) >= 11 is 0. The lowest BCUT2D eigenvalue weighted by Crippen LogP contribution is -2.32. The van der Waals surface area contributed by atoms with Gasteiger partial charge in [0.05, 0.1) is 11.1 Å². The number of anilines is 1. The van der Waals surface area contributed by atoms with Crippen LogP contribution in [0.4, 0.5) is 11.4 Å². The molecule has 0 unspecified atom stereocenters. The van der Waals surface area contributed by atoms with Crippen LogP contribution in [0.2, 0.25) is 0 Å². The molecule has 128 valence electrons. The van der Waals surface area contributed by atoms with Gasteiger partial charge < -0.3 is 10.4 Å². The van der Waals surface area contributed by atoms with Gasteiger partial charge in [0.1, 0.15) is 0 Å². The Morgan fingerprint density at radius 1 is 1.16 bits per heavy atom. The highest BCUT2D eigenvalue weighted by atomic mass is 16.6. The maximum Gasteiger partial charge on any atom is 0.329 e. The zero-order valence-electron chi connectivity index (χ0n) is 13.1. The first-order valence-corrected chi connectivity index (χ1v) is 7.03. The Morgan fingerprint density at radius 3 is 2.60 bits per heavy atom. The van der Waals surface area contributed by atoms with Crippen LogP contribution in [0.1, 0.15) is 11.1 Å². The summed E-state index contributed by atoms with van der Waals surface area (Å²) in [5.74, 6) is -2.65. The standard InChI is InChI=1S/C16H14N4O5/c1-10-3-2-4-12(7-10)18-15(22)16(23)19-17-9-11-5-6-14(21)13(8-11)20(24)25/h2-9,21H,1H3,(H,18,22)(H,19,23)/p-1/b17-9-. The first-order valence-electron chi connectivity index (χ1n) is 7.03. The number of carbonyl (C=O) groups is 2. The molecule has 9 heteroatoms. The van der Waals surface area contributed by atoms with E-state index < -0.39 is 28.2 Å². The van der Waals surface area contributed by atoms with Crippen LogP contribution in [0.25, 0.3) is 0 Å². The van der Waals surface area contributed by atoms with Crippen LogP contribution >= 0.6 is 0 Å². The molecule has 0 spiro atoms. The quantitative estimate of drug-likeness (QED) is 0.371. The summed E-state index contributed by atoms with van der Waals surface area (Å²) in [5, 5.41) is 27.9. The number of nitrogens with zero attached hydrogens (tertiary/aromatic N) is 2. The van der Waals surface area contributed by atoms with Crippen LogP contribution in [0.15, 0.2) is 47.6 Å². The molecule has 2 amide bonds. The van der Waals surface area contributed by atoms with Crippen molar-refractivity contribution in [1.29, 1.82) is 0 Å². The van der Waals surface area contributed by atoms with Crippen molar-refractivity contribution in [2.45, 2.75) is 6.92 Å². The third-order valence-corrected chi connectivity index (χ3v) is 3.04. The number of aryl methyl sites for hydroxylation is 1. The molecule has 25 heavy (non-hydrogen) atoms. The number of rotatable bonds is 4. The zero-order chi connectivity index (χ0) is 18.4. The largest absolute Gasteiger partial charge is 0.868 e. The van der Waals surface area contributed by atoms with Gasteiger partial charge in [-0.3, -0.25) is 19.7 Å². The molecule has 2 rings (SSSR count). The van der Waals surface area contributed by atoms with E-state index >= 15 is 0 Å². The average Bonchev–Trinajstić information content (AvgIpc) is 2.56. The molecule has 0 atom stereocenters. The number of nitrogens with one attached hydrogen (secondary N) is 2. The van der Waals surface area contributed by atoms with Gasteiger partial charge in [0, 0.05) is 17.3 Å². The second-order valence-corrected chi connectivity index (χ2v) is 5.01. The minimum atomic E-state index is -1.01. The van der Waals surface area contributed by atoms with E-state index in [9.17, 15) is 24.8 Å². The van der Waals surface area contributed by atoms with Gasteiger partial charge in [-0.2, -0.15) is 5.10 Å². The van der Waals surface area contributed by atoms with Crippen molar-refractivity contribution in [3.05, 3.63) is 63.7 Å². The third kappa shape index (κ3) is 4.86. The van der Waals surface area contributed by atoms with Gasteiger partial charge in [0.15, 0.2) is 0 Å². The molecular formula is C16H13N4O5-.